The van der Waals surface area contributed by atoms with Crippen LogP contribution in [0.2, 0.25) is 0 Å². The summed E-state index contributed by atoms with van der Waals surface area (Å²) >= 11 is 1.51. The number of nitrogens with one attached hydrogen (secondary N) is 2. The SMILES string of the molecule is Cc1nc(NC(=O)c2ccc3c(c2)CCN3)sc1C. The summed E-state index contributed by atoms with van der Waals surface area (Å²) in [4.78, 5) is 17.6. The fourth-order valence-corrected chi connectivity index (χ4v) is 2.95. The van der Waals surface area contributed by atoms with Gasteiger partial charge in [-0.25, -0.2) is 4.98 Å². The molecule has 19 heavy (non-hydrogen) atoms. The number of carbonyl (C=O) groups excluding carboxylic acids is 1. The number of anilines is 2. The second-order valence-corrected chi connectivity index (χ2v) is 5.87. The van der Waals surface area contributed by atoms with E-state index in [0.29, 0.717) is 10.7 Å². The quantitative estimate of drug-likeness (QED) is 0.884. The molecule has 0 fully saturated rings. The van der Waals surface area contributed by atoms with E-state index in [0.717, 1.165) is 29.2 Å². The molecule has 0 bridgehead atoms. The topological polar surface area (TPSA) is 54.0 Å². The monoisotopic (exact) mass is 273 g/mol. The van der Waals surface area contributed by atoms with Gasteiger partial charge >= 0.3 is 0 Å². The summed E-state index contributed by atoms with van der Waals surface area (Å²) in [5.74, 6) is -0.0940. The summed E-state index contributed by atoms with van der Waals surface area (Å²) in [6.07, 6.45) is 0.978. The van der Waals surface area contributed by atoms with Crippen LogP contribution >= 0.6 is 11.3 Å². The van der Waals surface area contributed by atoms with Gasteiger partial charge in [-0.1, -0.05) is 0 Å². The lowest BCUT2D eigenvalue weighted by molar-refractivity contribution is 0.102. The molecule has 0 atom stereocenters. The third-order valence-electron chi connectivity index (χ3n) is 3.33. The largest absolute Gasteiger partial charge is 0.384 e. The zero-order valence-electron chi connectivity index (χ0n) is 10.9. The predicted octanol–water partition coefficient (Wildman–Crippen LogP) is 2.98. The molecule has 1 amide bonds. The first-order chi connectivity index (χ1) is 9.13. The molecule has 98 valence electrons. The summed E-state index contributed by atoms with van der Waals surface area (Å²) in [5.41, 5.74) is 4.00. The van der Waals surface area contributed by atoms with Crippen molar-refractivity contribution in [2.24, 2.45) is 0 Å². The number of carbonyl (C=O) groups is 1. The lowest BCUT2D eigenvalue weighted by Crippen LogP contribution is -2.11. The van der Waals surface area contributed by atoms with Crippen LogP contribution in [0.5, 0.6) is 0 Å². The summed E-state index contributed by atoms with van der Waals surface area (Å²) in [7, 11) is 0. The molecule has 0 aliphatic carbocycles. The predicted molar refractivity (Wildman–Crippen MR) is 78.2 cm³/mol. The fraction of sp³-hybridized carbons (Fsp3) is 0.286. The summed E-state index contributed by atoms with van der Waals surface area (Å²) in [5, 5.41) is 6.81. The molecule has 2 N–H and O–H groups in total. The normalized spacial score (nSPS) is 12.9. The van der Waals surface area contributed by atoms with Crippen molar-refractivity contribution >= 4 is 28.1 Å². The third-order valence-corrected chi connectivity index (χ3v) is 4.31. The van der Waals surface area contributed by atoms with Crippen LogP contribution in [0.4, 0.5) is 10.8 Å². The van der Waals surface area contributed by atoms with Crippen LogP contribution in [-0.2, 0) is 6.42 Å². The smallest absolute Gasteiger partial charge is 0.257 e. The first kappa shape index (κ1) is 12.2. The second kappa shape index (κ2) is 4.66. The Labute approximate surface area is 115 Å². The molecule has 3 rings (SSSR count). The Kier molecular flexibility index (Phi) is 2.98. The molecule has 1 aliphatic rings. The maximum atomic E-state index is 12.2. The average molecular weight is 273 g/mol. The highest BCUT2D eigenvalue weighted by molar-refractivity contribution is 7.15. The molecule has 1 aromatic carbocycles. The number of rotatable bonds is 2. The van der Waals surface area contributed by atoms with Gasteiger partial charge < -0.3 is 5.32 Å². The highest BCUT2D eigenvalue weighted by Crippen LogP contribution is 2.25. The minimum absolute atomic E-state index is 0.0940. The Hall–Kier alpha value is -1.88. The summed E-state index contributed by atoms with van der Waals surface area (Å²) in [6.45, 7) is 4.90. The van der Waals surface area contributed by atoms with E-state index in [1.807, 2.05) is 32.0 Å². The molecule has 2 aromatic rings. The lowest BCUT2D eigenvalue weighted by Gasteiger charge is -2.04. The van der Waals surface area contributed by atoms with E-state index in [9.17, 15) is 4.79 Å². The molecule has 0 radical (unpaired) electrons. The minimum Gasteiger partial charge on any atom is -0.384 e. The molecule has 0 unspecified atom stereocenters. The molecule has 5 heteroatoms. The first-order valence-electron chi connectivity index (χ1n) is 6.25. The van der Waals surface area contributed by atoms with Gasteiger partial charge in [0, 0.05) is 22.7 Å². The first-order valence-corrected chi connectivity index (χ1v) is 7.07. The van der Waals surface area contributed by atoms with Crippen LogP contribution < -0.4 is 10.6 Å². The maximum absolute atomic E-state index is 12.2. The Balaban J connectivity index is 1.80. The molecule has 4 nitrogen and oxygen atoms in total. The molecule has 1 aliphatic heterocycles. The van der Waals surface area contributed by atoms with Crippen molar-refractivity contribution in [3.05, 3.63) is 39.9 Å². The van der Waals surface area contributed by atoms with Crippen molar-refractivity contribution in [3.63, 3.8) is 0 Å². The highest BCUT2D eigenvalue weighted by atomic mass is 32.1. The van der Waals surface area contributed by atoms with Crippen molar-refractivity contribution in [2.45, 2.75) is 20.3 Å². The Bertz CT molecular complexity index is 629. The number of hydrogen-bond acceptors (Lipinski definition) is 4. The molecule has 0 saturated heterocycles. The van der Waals surface area contributed by atoms with E-state index in [1.165, 1.54) is 16.9 Å². The zero-order chi connectivity index (χ0) is 13.4. The van der Waals surface area contributed by atoms with Gasteiger partial charge in [0.25, 0.3) is 5.91 Å². The van der Waals surface area contributed by atoms with Crippen LogP contribution in [0.15, 0.2) is 18.2 Å². The van der Waals surface area contributed by atoms with E-state index < -0.39 is 0 Å². The maximum Gasteiger partial charge on any atom is 0.257 e. The van der Waals surface area contributed by atoms with Crippen molar-refractivity contribution < 1.29 is 4.79 Å². The van der Waals surface area contributed by atoms with E-state index in [-0.39, 0.29) is 5.91 Å². The van der Waals surface area contributed by atoms with Crippen molar-refractivity contribution in [3.8, 4) is 0 Å². The lowest BCUT2D eigenvalue weighted by atomic mass is 10.1. The number of aromatic nitrogens is 1. The van der Waals surface area contributed by atoms with E-state index in [2.05, 4.69) is 15.6 Å². The van der Waals surface area contributed by atoms with Gasteiger partial charge in [-0.05, 0) is 44.0 Å². The van der Waals surface area contributed by atoms with Crippen LogP contribution in [-0.4, -0.2) is 17.4 Å². The van der Waals surface area contributed by atoms with Gasteiger partial charge in [0.05, 0.1) is 5.69 Å². The van der Waals surface area contributed by atoms with Crippen LogP contribution in [0.1, 0.15) is 26.5 Å². The van der Waals surface area contributed by atoms with Gasteiger partial charge in [0.2, 0.25) is 0 Å². The van der Waals surface area contributed by atoms with Crippen LogP contribution in [0, 0.1) is 13.8 Å². The van der Waals surface area contributed by atoms with Crippen molar-refractivity contribution in [2.75, 3.05) is 17.2 Å². The van der Waals surface area contributed by atoms with Crippen molar-refractivity contribution in [1.82, 2.24) is 4.98 Å². The number of benzene rings is 1. The molecule has 2 heterocycles. The van der Waals surface area contributed by atoms with Crippen LogP contribution in [0.25, 0.3) is 0 Å². The Morgan fingerprint density at radius 3 is 3.00 bits per heavy atom. The minimum atomic E-state index is -0.0940. The number of hydrogen-bond donors (Lipinski definition) is 2. The third kappa shape index (κ3) is 2.33. The molecule has 0 saturated carbocycles. The molecule has 0 spiro atoms. The zero-order valence-corrected chi connectivity index (χ0v) is 11.7. The van der Waals surface area contributed by atoms with Gasteiger partial charge in [-0.15, -0.1) is 11.3 Å². The Morgan fingerprint density at radius 1 is 1.42 bits per heavy atom. The highest BCUT2D eigenvalue weighted by Gasteiger charge is 2.14. The average Bonchev–Trinajstić information content (AvgIpc) is 2.96. The Morgan fingerprint density at radius 2 is 2.26 bits per heavy atom. The van der Waals surface area contributed by atoms with E-state index >= 15 is 0 Å². The molecule has 1 aromatic heterocycles. The van der Waals surface area contributed by atoms with Gasteiger partial charge in [-0.2, -0.15) is 0 Å². The number of thiazole rings is 1. The molecular weight excluding hydrogens is 258 g/mol. The summed E-state index contributed by atoms with van der Waals surface area (Å²) in [6, 6.07) is 5.77. The molecular formula is C14H15N3OS. The van der Waals surface area contributed by atoms with Gasteiger partial charge in [0.1, 0.15) is 0 Å². The van der Waals surface area contributed by atoms with E-state index in [4.69, 9.17) is 0 Å². The van der Waals surface area contributed by atoms with Gasteiger partial charge in [-0.3, -0.25) is 10.1 Å². The fourth-order valence-electron chi connectivity index (χ4n) is 2.14. The van der Waals surface area contributed by atoms with Gasteiger partial charge in [0.15, 0.2) is 5.13 Å². The van der Waals surface area contributed by atoms with E-state index in [1.54, 1.807) is 0 Å². The second-order valence-electron chi connectivity index (χ2n) is 4.66. The standard InChI is InChI=1S/C14H15N3OS/c1-8-9(2)19-14(16-8)17-13(18)11-3-4-12-10(7-11)5-6-15-12/h3-4,7,15H,5-6H2,1-2H3,(H,16,17,18). The number of fused-ring (bicyclic) bond motifs is 1. The number of amides is 1. The number of aryl methyl sites for hydroxylation is 2. The van der Waals surface area contributed by atoms with Crippen LogP contribution in [0.3, 0.4) is 0 Å². The number of nitrogens with zero attached hydrogens (tertiary/aromatic N) is 1. The summed E-state index contributed by atoms with van der Waals surface area (Å²) < 4.78 is 0. The van der Waals surface area contributed by atoms with Crippen molar-refractivity contribution in [1.29, 1.82) is 0 Å².